The van der Waals surface area contributed by atoms with Crippen LogP contribution >= 0.6 is 23.6 Å². The van der Waals surface area contributed by atoms with Gasteiger partial charge in [-0.3, -0.25) is 14.6 Å². The molecule has 2 atom stereocenters. The van der Waals surface area contributed by atoms with Gasteiger partial charge in [-0.25, -0.2) is 0 Å². The standard InChI is InChI=1S/C22H18N2O2S2/c1-22-14-17(16-10-5-6-11-18(16)26-22)23(20(25)19-12-7-13-28-19)21(27)24(22)15-8-3-2-4-9-15/h2-13,17H,14H2,1H3/t17-,22+/m0/s1. The van der Waals surface area contributed by atoms with Crippen LogP contribution in [0.4, 0.5) is 5.69 Å². The van der Waals surface area contributed by atoms with E-state index in [1.54, 1.807) is 4.90 Å². The molecule has 3 aromatic rings. The van der Waals surface area contributed by atoms with Gasteiger partial charge in [-0.1, -0.05) is 42.5 Å². The Hall–Kier alpha value is -2.70. The molecular weight excluding hydrogens is 388 g/mol. The molecule has 0 aliphatic carbocycles. The highest BCUT2D eigenvalue weighted by molar-refractivity contribution is 7.80. The molecule has 28 heavy (non-hydrogen) atoms. The van der Waals surface area contributed by atoms with Crippen LogP contribution in [-0.2, 0) is 0 Å². The van der Waals surface area contributed by atoms with E-state index in [2.05, 4.69) is 0 Å². The first kappa shape index (κ1) is 17.4. The summed E-state index contributed by atoms with van der Waals surface area (Å²) < 4.78 is 6.45. The largest absolute Gasteiger partial charge is 0.467 e. The van der Waals surface area contributed by atoms with Crippen molar-refractivity contribution in [1.82, 2.24) is 4.90 Å². The van der Waals surface area contributed by atoms with E-state index in [0.29, 0.717) is 16.4 Å². The number of fused-ring (bicyclic) bond motifs is 4. The van der Waals surface area contributed by atoms with Crippen molar-refractivity contribution in [1.29, 1.82) is 0 Å². The van der Waals surface area contributed by atoms with E-state index in [9.17, 15) is 4.79 Å². The zero-order chi connectivity index (χ0) is 19.3. The maximum Gasteiger partial charge on any atom is 0.270 e. The molecule has 2 bridgehead atoms. The number of ether oxygens (including phenoxy) is 1. The highest BCUT2D eigenvalue weighted by Crippen LogP contribution is 2.49. The fourth-order valence-corrected chi connectivity index (χ4v) is 5.28. The summed E-state index contributed by atoms with van der Waals surface area (Å²) in [5.41, 5.74) is 1.25. The molecule has 3 heterocycles. The average Bonchev–Trinajstić information content (AvgIpc) is 3.23. The molecule has 2 aliphatic heterocycles. The number of para-hydroxylation sites is 2. The van der Waals surface area contributed by atoms with Crippen LogP contribution in [0.25, 0.3) is 0 Å². The number of carbonyl (C=O) groups is 1. The third-order valence-electron chi connectivity index (χ3n) is 5.33. The molecule has 1 saturated heterocycles. The van der Waals surface area contributed by atoms with Gasteiger partial charge in [0.1, 0.15) is 5.75 Å². The van der Waals surface area contributed by atoms with Crippen LogP contribution in [0, 0.1) is 0 Å². The Balaban J connectivity index is 1.69. The van der Waals surface area contributed by atoms with Crippen LogP contribution < -0.4 is 9.64 Å². The predicted octanol–water partition coefficient (Wildman–Crippen LogP) is 5.24. The molecule has 6 heteroatoms. The number of anilines is 1. The van der Waals surface area contributed by atoms with Gasteiger partial charge in [-0.2, -0.15) is 0 Å². The van der Waals surface area contributed by atoms with Gasteiger partial charge in [0.05, 0.1) is 10.9 Å². The molecule has 0 N–H and O–H groups in total. The third kappa shape index (κ3) is 2.56. The van der Waals surface area contributed by atoms with Gasteiger partial charge in [0, 0.05) is 17.7 Å². The number of hydrogen-bond donors (Lipinski definition) is 0. The molecule has 1 amide bonds. The lowest BCUT2D eigenvalue weighted by molar-refractivity contribution is 0.0186. The Labute approximate surface area is 173 Å². The number of nitrogens with zero attached hydrogens (tertiary/aromatic N) is 2. The second-order valence-electron chi connectivity index (χ2n) is 7.14. The summed E-state index contributed by atoms with van der Waals surface area (Å²) in [7, 11) is 0. The molecule has 1 aromatic heterocycles. The maximum absolute atomic E-state index is 13.4. The first-order chi connectivity index (χ1) is 13.6. The van der Waals surface area contributed by atoms with E-state index < -0.39 is 5.72 Å². The van der Waals surface area contributed by atoms with Crippen molar-refractivity contribution in [3.8, 4) is 5.75 Å². The summed E-state index contributed by atoms with van der Waals surface area (Å²) in [6.45, 7) is 2.04. The molecule has 2 aliphatic rings. The molecule has 0 unspecified atom stereocenters. The maximum atomic E-state index is 13.4. The quantitative estimate of drug-likeness (QED) is 0.545. The summed E-state index contributed by atoms with van der Waals surface area (Å²) in [5.74, 6) is 0.735. The van der Waals surface area contributed by atoms with E-state index in [4.69, 9.17) is 17.0 Å². The van der Waals surface area contributed by atoms with E-state index in [1.807, 2.05) is 83.9 Å². The Bertz CT molecular complexity index is 1050. The lowest BCUT2D eigenvalue weighted by Crippen LogP contribution is -2.67. The Morgan fingerprint density at radius 2 is 1.86 bits per heavy atom. The predicted molar refractivity (Wildman–Crippen MR) is 115 cm³/mol. The summed E-state index contributed by atoms with van der Waals surface area (Å²) in [5, 5.41) is 2.38. The van der Waals surface area contributed by atoms with Gasteiger partial charge in [0.25, 0.3) is 5.91 Å². The van der Waals surface area contributed by atoms with Crippen molar-refractivity contribution in [2.24, 2.45) is 0 Å². The Morgan fingerprint density at radius 3 is 2.61 bits per heavy atom. The van der Waals surface area contributed by atoms with Gasteiger partial charge < -0.3 is 4.74 Å². The number of amides is 1. The molecule has 5 rings (SSSR count). The molecule has 0 saturated carbocycles. The van der Waals surface area contributed by atoms with E-state index >= 15 is 0 Å². The van der Waals surface area contributed by atoms with Crippen LogP contribution in [0.3, 0.4) is 0 Å². The fraction of sp³-hybridized carbons (Fsp3) is 0.182. The van der Waals surface area contributed by atoms with Crippen molar-refractivity contribution in [2.75, 3.05) is 4.90 Å². The summed E-state index contributed by atoms with van der Waals surface area (Å²) in [6, 6.07) is 21.4. The Morgan fingerprint density at radius 1 is 1.11 bits per heavy atom. The first-order valence-corrected chi connectivity index (χ1v) is 10.4. The van der Waals surface area contributed by atoms with Crippen LogP contribution in [-0.4, -0.2) is 21.6 Å². The minimum atomic E-state index is -0.663. The number of thiophene rings is 1. The number of carbonyl (C=O) groups excluding carboxylic acids is 1. The van der Waals surface area contributed by atoms with Crippen molar-refractivity contribution >= 4 is 40.3 Å². The third-order valence-corrected chi connectivity index (χ3v) is 6.56. The van der Waals surface area contributed by atoms with Crippen molar-refractivity contribution in [3.63, 3.8) is 0 Å². The summed E-state index contributed by atoms with van der Waals surface area (Å²) in [4.78, 5) is 17.9. The highest BCUT2D eigenvalue weighted by atomic mass is 32.1. The topological polar surface area (TPSA) is 32.8 Å². The van der Waals surface area contributed by atoms with E-state index in [0.717, 1.165) is 17.0 Å². The van der Waals surface area contributed by atoms with E-state index in [1.165, 1.54) is 11.3 Å². The van der Waals surface area contributed by atoms with E-state index in [-0.39, 0.29) is 11.9 Å². The number of rotatable bonds is 2. The molecular formula is C22H18N2O2S2. The minimum Gasteiger partial charge on any atom is -0.467 e. The van der Waals surface area contributed by atoms with Crippen LogP contribution in [0.5, 0.6) is 5.75 Å². The summed E-state index contributed by atoms with van der Waals surface area (Å²) in [6.07, 6.45) is 0.635. The van der Waals surface area contributed by atoms with Crippen LogP contribution in [0.1, 0.15) is 34.6 Å². The lowest BCUT2D eigenvalue weighted by atomic mass is 9.88. The molecule has 0 spiro atoms. The SMILES string of the molecule is C[C@]12C[C@@H](c3ccccc3O1)N(C(=O)c1cccs1)C(=S)N2c1ccccc1. The zero-order valence-corrected chi connectivity index (χ0v) is 16.9. The molecule has 2 aromatic carbocycles. The second-order valence-corrected chi connectivity index (χ2v) is 8.45. The first-order valence-electron chi connectivity index (χ1n) is 9.13. The molecule has 0 radical (unpaired) electrons. The van der Waals surface area contributed by atoms with Gasteiger partial charge in [0.15, 0.2) is 10.8 Å². The van der Waals surface area contributed by atoms with Crippen molar-refractivity contribution < 1.29 is 9.53 Å². The van der Waals surface area contributed by atoms with Gasteiger partial charge in [-0.05, 0) is 48.8 Å². The Kier molecular flexibility index (Phi) is 4.00. The number of benzene rings is 2. The number of thiocarbonyl (C=S) groups is 1. The van der Waals surface area contributed by atoms with Gasteiger partial charge in [-0.15, -0.1) is 11.3 Å². The molecule has 140 valence electrons. The monoisotopic (exact) mass is 406 g/mol. The molecule has 4 nitrogen and oxygen atoms in total. The highest BCUT2D eigenvalue weighted by Gasteiger charge is 2.53. The van der Waals surface area contributed by atoms with Crippen LogP contribution in [0.2, 0.25) is 0 Å². The summed E-state index contributed by atoms with van der Waals surface area (Å²) >= 11 is 7.33. The van der Waals surface area contributed by atoms with Crippen molar-refractivity contribution in [3.05, 3.63) is 82.6 Å². The van der Waals surface area contributed by atoms with Gasteiger partial charge in [0.2, 0.25) is 0 Å². The number of hydrogen-bond acceptors (Lipinski definition) is 4. The van der Waals surface area contributed by atoms with Crippen molar-refractivity contribution in [2.45, 2.75) is 25.1 Å². The smallest absolute Gasteiger partial charge is 0.270 e. The normalized spacial score (nSPS) is 23.2. The van der Waals surface area contributed by atoms with Crippen LogP contribution in [0.15, 0.2) is 72.1 Å². The fourth-order valence-electron chi connectivity index (χ4n) is 4.11. The average molecular weight is 407 g/mol. The molecule has 1 fully saturated rings. The van der Waals surface area contributed by atoms with Gasteiger partial charge >= 0.3 is 0 Å². The minimum absolute atomic E-state index is 0.0651. The zero-order valence-electron chi connectivity index (χ0n) is 15.2. The second kappa shape index (κ2) is 6.43. The lowest BCUT2D eigenvalue weighted by Gasteiger charge is -2.55.